The molecule has 5 nitrogen and oxygen atoms in total. The molecule has 0 bridgehead atoms. The largest absolute Gasteiger partial charge is 0.497 e. The molecule has 1 amide bonds. The van der Waals surface area contributed by atoms with Crippen LogP contribution in [-0.2, 0) is 10.2 Å². The van der Waals surface area contributed by atoms with Gasteiger partial charge in [-0.3, -0.25) is 4.79 Å². The van der Waals surface area contributed by atoms with E-state index in [2.05, 4.69) is 28.8 Å². The number of fused-ring (bicyclic) bond motifs is 2. The molecule has 0 radical (unpaired) electrons. The van der Waals surface area contributed by atoms with E-state index in [9.17, 15) is 4.79 Å². The van der Waals surface area contributed by atoms with E-state index in [0.717, 1.165) is 37.2 Å². The van der Waals surface area contributed by atoms with Crippen molar-refractivity contribution in [3.63, 3.8) is 0 Å². The minimum absolute atomic E-state index is 0. The van der Waals surface area contributed by atoms with Crippen molar-refractivity contribution in [1.82, 2.24) is 10.6 Å². The summed E-state index contributed by atoms with van der Waals surface area (Å²) in [4.78, 5) is 13.1. The molecule has 4 rings (SSSR count). The van der Waals surface area contributed by atoms with E-state index in [1.807, 2.05) is 31.2 Å². The maximum Gasteiger partial charge on any atom is 0.252 e. The number of rotatable bonds is 4. The second-order valence-corrected chi connectivity index (χ2v) is 7.78. The monoisotopic (exact) mass is 416 g/mol. The lowest BCUT2D eigenvalue weighted by atomic mass is 9.72. The number of halogens is 1. The average molecular weight is 417 g/mol. The lowest BCUT2D eigenvalue weighted by Crippen LogP contribution is -2.49. The number of carbonyl (C=O) groups is 1. The molecule has 0 saturated carbocycles. The number of carbonyl (C=O) groups excluding carboxylic acids is 1. The van der Waals surface area contributed by atoms with Crippen molar-refractivity contribution >= 4 is 18.3 Å². The number of hydrogen-bond donors (Lipinski definition) is 2. The predicted octanol–water partition coefficient (Wildman–Crippen LogP) is 3.55. The van der Waals surface area contributed by atoms with Crippen molar-refractivity contribution in [2.45, 2.75) is 37.3 Å². The molecule has 1 saturated heterocycles. The SMILES string of the molecule is COc1ccc(C(=O)N[C@@H]2c3ccccc3C3(CCNCC3)[C@H]2OC)c(C)c1.Cl. The minimum atomic E-state index is -0.159. The van der Waals surface area contributed by atoms with Crippen LogP contribution in [0.4, 0.5) is 0 Å². The molecule has 0 unspecified atom stereocenters. The molecule has 1 fully saturated rings. The Morgan fingerprint density at radius 2 is 1.86 bits per heavy atom. The molecule has 2 N–H and O–H groups in total. The number of hydrogen-bond acceptors (Lipinski definition) is 4. The fraction of sp³-hybridized carbons (Fsp3) is 0.435. The van der Waals surface area contributed by atoms with Crippen LogP contribution in [0.25, 0.3) is 0 Å². The zero-order chi connectivity index (χ0) is 19.7. The third-order valence-corrected chi connectivity index (χ3v) is 6.39. The van der Waals surface area contributed by atoms with Gasteiger partial charge in [0.2, 0.25) is 0 Å². The fourth-order valence-corrected chi connectivity index (χ4v) is 5.04. The predicted molar refractivity (Wildman–Crippen MR) is 116 cm³/mol. The molecule has 2 aromatic carbocycles. The lowest BCUT2D eigenvalue weighted by molar-refractivity contribution is 0.00396. The molecule has 156 valence electrons. The van der Waals surface area contributed by atoms with Gasteiger partial charge in [0.1, 0.15) is 5.75 Å². The third kappa shape index (κ3) is 3.63. The van der Waals surface area contributed by atoms with Gasteiger partial charge in [-0.15, -0.1) is 12.4 Å². The smallest absolute Gasteiger partial charge is 0.252 e. The van der Waals surface area contributed by atoms with Crippen molar-refractivity contribution in [3.05, 3.63) is 64.7 Å². The Bertz CT molecular complexity index is 880. The summed E-state index contributed by atoms with van der Waals surface area (Å²) < 4.78 is 11.3. The van der Waals surface area contributed by atoms with E-state index in [1.54, 1.807) is 14.2 Å². The first-order chi connectivity index (χ1) is 13.6. The Morgan fingerprint density at radius 3 is 2.52 bits per heavy atom. The second-order valence-electron chi connectivity index (χ2n) is 7.78. The van der Waals surface area contributed by atoms with Gasteiger partial charge in [-0.25, -0.2) is 0 Å². The summed E-state index contributed by atoms with van der Waals surface area (Å²) in [7, 11) is 3.39. The van der Waals surface area contributed by atoms with Crippen molar-refractivity contribution in [2.75, 3.05) is 27.3 Å². The summed E-state index contributed by atoms with van der Waals surface area (Å²) >= 11 is 0. The number of methoxy groups -OCH3 is 2. The maximum atomic E-state index is 13.1. The molecule has 2 atom stereocenters. The summed E-state index contributed by atoms with van der Waals surface area (Å²) in [5.74, 6) is 0.677. The van der Waals surface area contributed by atoms with Gasteiger partial charge in [0.15, 0.2) is 0 Å². The highest BCUT2D eigenvalue weighted by molar-refractivity contribution is 5.96. The second kappa shape index (κ2) is 8.74. The Labute approximate surface area is 178 Å². The molecular formula is C23H29ClN2O3. The van der Waals surface area contributed by atoms with Gasteiger partial charge in [-0.05, 0) is 67.7 Å². The molecule has 6 heteroatoms. The van der Waals surface area contributed by atoms with Gasteiger partial charge in [-0.1, -0.05) is 24.3 Å². The van der Waals surface area contributed by atoms with Crippen LogP contribution in [0.3, 0.4) is 0 Å². The highest BCUT2D eigenvalue weighted by atomic mass is 35.5. The highest BCUT2D eigenvalue weighted by Gasteiger charge is 2.53. The molecule has 1 heterocycles. The number of nitrogens with one attached hydrogen (secondary N) is 2. The van der Waals surface area contributed by atoms with E-state index in [4.69, 9.17) is 9.47 Å². The Morgan fingerprint density at radius 1 is 1.14 bits per heavy atom. The Kier molecular flexibility index (Phi) is 6.52. The summed E-state index contributed by atoms with van der Waals surface area (Å²) in [6.07, 6.45) is 1.95. The summed E-state index contributed by atoms with van der Waals surface area (Å²) in [5.41, 5.74) is 4.01. The molecule has 1 aliphatic heterocycles. The van der Waals surface area contributed by atoms with E-state index in [-0.39, 0.29) is 35.9 Å². The topological polar surface area (TPSA) is 59.6 Å². The van der Waals surface area contributed by atoms with Gasteiger partial charge in [0.05, 0.1) is 19.3 Å². The third-order valence-electron chi connectivity index (χ3n) is 6.39. The van der Waals surface area contributed by atoms with Crippen molar-refractivity contribution in [3.8, 4) is 5.75 Å². The van der Waals surface area contributed by atoms with Gasteiger partial charge in [0, 0.05) is 18.1 Å². The molecule has 1 aliphatic carbocycles. The lowest BCUT2D eigenvalue weighted by Gasteiger charge is -2.40. The average Bonchev–Trinajstić information content (AvgIpc) is 2.97. The van der Waals surface area contributed by atoms with Gasteiger partial charge >= 0.3 is 0 Å². The number of ether oxygens (including phenoxy) is 2. The maximum absolute atomic E-state index is 13.1. The Balaban J connectivity index is 0.00000240. The standard InChI is InChI=1S/C23H28N2O3.ClH/c1-15-14-16(27-2)8-9-17(15)22(26)25-20-18-6-4-5-7-19(18)23(21(20)28-3)10-12-24-13-11-23;/h4-9,14,20-21,24H,10-13H2,1-3H3,(H,25,26);1H/t20-,21+;/m1./s1. The van der Waals surface area contributed by atoms with Crippen LogP contribution in [0, 0.1) is 6.92 Å². The van der Waals surface area contributed by atoms with Gasteiger partial charge in [-0.2, -0.15) is 0 Å². The van der Waals surface area contributed by atoms with Crippen LogP contribution >= 0.6 is 12.4 Å². The quantitative estimate of drug-likeness (QED) is 0.800. The molecule has 0 aromatic heterocycles. The molecular weight excluding hydrogens is 388 g/mol. The Hall–Kier alpha value is -2.08. The van der Waals surface area contributed by atoms with E-state index < -0.39 is 0 Å². The molecule has 2 aromatic rings. The van der Waals surface area contributed by atoms with E-state index in [1.165, 1.54) is 11.1 Å². The normalized spacial score (nSPS) is 21.9. The van der Waals surface area contributed by atoms with E-state index >= 15 is 0 Å². The fourth-order valence-electron chi connectivity index (χ4n) is 5.04. The molecule has 29 heavy (non-hydrogen) atoms. The van der Waals surface area contributed by atoms with Crippen molar-refractivity contribution in [2.24, 2.45) is 0 Å². The van der Waals surface area contributed by atoms with Crippen LogP contribution < -0.4 is 15.4 Å². The van der Waals surface area contributed by atoms with Crippen LogP contribution in [0.1, 0.15) is 45.9 Å². The number of aryl methyl sites for hydroxylation is 1. The van der Waals surface area contributed by atoms with Crippen LogP contribution in [-0.4, -0.2) is 39.3 Å². The number of amides is 1. The van der Waals surface area contributed by atoms with Crippen LogP contribution in [0.2, 0.25) is 0 Å². The minimum Gasteiger partial charge on any atom is -0.497 e. The zero-order valence-electron chi connectivity index (χ0n) is 17.2. The first kappa shape index (κ1) is 21.6. The van der Waals surface area contributed by atoms with Crippen molar-refractivity contribution < 1.29 is 14.3 Å². The molecule has 1 spiro atoms. The van der Waals surface area contributed by atoms with Gasteiger partial charge in [0.25, 0.3) is 5.91 Å². The summed E-state index contributed by atoms with van der Waals surface area (Å²) in [5, 5.41) is 6.73. The highest BCUT2D eigenvalue weighted by Crippen LogP contribution is 2.51. The summed E-state index contributed by atoms with van der Waals surface area (Å²) in [6, 6.07) is 13.9. The van der Waals surface area contributed by atoms with E-state index in [0.29, 0.717) is 5.56 Å². The zero-order valence-corrected chi connectivity index (χ0v) is 18.0. The van der Waals surface area contributed by atoms with Crippen molar-refractivity contribution in [1.29, 1.82) is 0 Å². The molecule has 2 aliphatic rings. The first-order valence-corrected chi connectivity index (χ1v) is 9.89. The first-order valence-electron chi connectivity index (χ1n) is 9.89. The number of benzene rings is 2. The summed E-state index contributed by atoms with van der Waals surface area (Å²) in [6.45, 7) is 3.86. The van der Waals surface area contributed by atoms with Gasteiger partial charge < -0.3 is 20.1 Å². The van der Waals surface area contributed by atoms with Crippen LogP contribution in [0.15, 0.2) is 42.5 Å². The number of piperidine rings is 1. The van der Waals surface area contributed by atoms with Crippen LogP contribution in [0.5, 0.6) is 5.75 Å².